The Labute approximate surface area is 109 Å². The number of hydrogen-bond donors (Lipinski definition) is 3. The summed E-state index contributed by atoms with van der Waals surface area (Å²) in [5.74, 6) is -3.70. The molecule has 0 fully saturated rings. The monoisotopic (exact) mass is 204 g/mol. The van der Waals surface area contributed by atoms with Gasteiger partial charge in [0.1, 0.15) is 6.10 Å². The molecular formula is C4H5KO7. The van der Waals surface area contributed by atoms with Gasteiger partial charge < -0.3 is 20.1 Å². The Balaban J connectivity index is 0. The van der Waals surface area contributed by atoms with Gasteiger partial charge in [0.15, 0.2) is 6.10 Å². The van der Waals surface area contributed by atoms with Gasteiger partial charge in [-0.1, -0.05) is 0 Å². The first-order valence-electron chi connectivity index (χ1n) is 2.43. The van der Waals surface area contributed by atoms with Crippen LogP contribution in [0, 0.1) is 0 Å². The maximum Gasteiger partial charge on any atom is 1.00 e. The zero-order chi connectivity index (χ0) is 9.02. The summed E-state index contributed by atoms with van der Waals surface area (Å²) in [6.45, 7) is 0. The van der Waals surface area contributed by atoms with Crippen molar-refractivity contribution < 1.29 is 86.4 Å². The number of carboxylic acid groups (broad SMARTS) is 1. The first kappa shape index (κ1) is 15.0. The van der Waals surface area contributed by atoms with E-state index in [0.29, 0.717) is 0 Å². The Morgan fingerprint density at radius 2 is 1.67 bits per heavy atom. The van der Waals surface area contributed by atoms with Crippen molar-refractivity contribution in [2.75, 3.05) is 0 Å². The van der Waals surface area contributed by atoms with Crippen LogP contribution in [0.2, 0.25) is 0 Å². The molecule has 0 bridgehead atoms. The smallest absolute Gasteiger partial charge is 0.547 e. The molecule has 12 heavy (non-hydrogen) atoms. The van der Waals surface area contributed by atoms with Crippen molar-refractivity contribution in [1.82, 2.24) is 0 Å². The molecule has 0 aliphatic carbocycles. The average molecular weight is 204 g/mol. The molecule has 0 aromatic carbocycles. The zero-order valence-corrected chi connectivity index (χ0v) is 9.25. The SMILES string of the molecule is O=C([O-])C(O)C(O)C(=O)OO.[K+]. The summed E-state index contributed by atoms with van der Waals surface area (Å²) in [7, 11) is 0. The molecule has 0 spiro atoms. The number of aliphatic carboxylic acids is 1. The van der Waals surface area contributed by atoms with Crippen molar-refractivity contribution in [2.24, 2.45) is 0 Å². The maximum absolute atomic E-state index is 10.1. The van der Waals surface area contributed by atoms with Crippen LogP contribution in [-0.2, 0) is 14.5 Å². The van der Waals surface area contributed by atoms with Gasteiger partial charge in [0, 0.05) is 0 Å². The number of rotatable bonds is 3. The van der Waals surface area contributed by atoms with Crippen molar-refractivity contribution in [2.45, 2.75) is 12.2 Å². The largest absolute Gasteiger partial charge is 1.00 e. The molecule has 0 amide bonds. The molecule has 0 heterocycles. The molecule has 64 valence electrons. The summed E-state index contributed by atoms with van der Waals surface area (Å²) in [5, 5.41) is 34.2. The number of aliphatic hydroxyl groups excluding tert-OH is 2. The molecule has 0 rings (SSSR count). The van der Waals surface area contributed by atoms with E-state index in [1.807, 2.05) is 0 Å². The van der Waals surface area contributed by atoms with E-state index < -0.39 is 24.1 Å². The second-order valence-electron chi connectivity index (χ2n) is 1.62. The molecular weight excluding hydrogens is 199 g/mol. The Kier molecular flexibility index (Phi) is 8.62. The van der Waals surface area contributed by atoms with Crippen LogP contribution < -0.4 is 56.5 Å². The van der Waals surface area contributed by atoms with Crippen LogP contribution in [0.4, 0.5) is 0 Å². The molecule has 7 nitrogen and oxygen atoms in total. The predicted molar refractivity (Wildman–Crippen MR) is 25.7 cm³/mol. The van der Waals surface area contributed by atoms with Gasteiger partial charge in [-0.05, 0) is 0 Å². The average Bonchev–Trinajstić information content (AvgIpc) is 2.00. The van der Waals surface area contributed by atoms with Crippen molar-refractivity contribution in [3.63, 3.8) is 0 Å². The molecule has 2 unspecified atom stereocenters. The fourth-order valence-corrected chi connectivity index (χ4v) is 0.312. The Bertz CT molecular complexity index is 169. The van der Waals surface area contributed by atoms with Gasteiger partial charge in [-0.2, -0.15) is 5.26 Å². The van der Waals surface area contributed by atoms with Gasteiger partial charge in [0.2, 0.25) is 0 Å². The molecule has 0 saturated carbocycles. The standard InChI is InChI=1S/C4H6O7.K/c5-1(3(7)8)2(6)4(9)11-10;/h1-2,5-6,10H,(H,7,8);/q;+1/p-1. The molecule has 0 aromatic rings. The van der Waals surface area contributed by atoms with Crippen LogP contribution in [-0.4, -0.2) is 39.6 Å². The number of carbonyl (C=O) groups excluding carboxylic acids is 2. The Hall–Kier alpha value is 0.456. The molecule has 0 saturated heterocycles. The molecule has 3 N–H and O–H groups in total. The fourth-order valence-electron chi connectivity index (χ4n) is 0.312. The van der Waals surface area contributed by atoms with Crippen LogP contribution in [0.25, 0.3) is 0 Å². The number of carboxylic acids is 1. The van der Waals surface area contributed by atoms with Gasteiger partial charge in [0.25, 0.3) is 0 Å². The molecule has 8 heteroatoms. The molecule has 2 atom stereocenters. The minimum Gasteiger partial charge on any atom is -0.547 e. The van der Waals surface area contributed by atoms with Crippen LogP contribution in [0.3, 0.4) is 0 Å². The van der Waals surface area contributed by atoms with E-state index in [9.17, 15) is 14.7 Å². The van der Waals surface area contributed by atoms with Crippen molar-refractivity contribution >= 4 is 11.9 Å². The first-order valence-corrected chi connectivity index (χ1v) is 2.43. The first-order chi connectivity index (χ1) is 5.00. The van der Waals surface area contributed by atoms with E-state index in [0.717, 1.165) is 0 Å². The summed E-state index contributed by atoms with van der Waals surface area (Å²) in [4.78, 5) is 22.8. The van der Waals surface area contributed by atoms with E-state index >= 15 is 0 Å². The Morgan fingerprint density at radius 3 is 1.92 bits per heavy atom. The maximum atomic E-state index is 10.1. The number of carbonyl (C=O) groups is 2. The van der Waals surface area contributed by atoms with Crippen molar-refractivity contribution in [3.8, 4) is 0 Å². The van der Waals surface area contributed by atoms with Crippen LogP contribution in [0.15, 0.2) is 0 Å². The summed E-state index contributed by atoms with van der Waals surface area (Å²) >= 11 is 0. The summed E-state index contributed by atoms with van der Waals surface area (Å²) in [6, 6.07) is 0. The summed E-state index contributed by atoms with van der Waals surface area (Å²) < 4.78 is 0. The van der Waals surface area contributed by atoms with Crippen LogP contribution in [0.1, 0.15) is 0 Å². The quantitative estimate of drug-likeness (QED) is 0.237. The minimum atomic E-state index is -2.41. The fraction of sp³-hybridized carbons (Fsp3) is 0.500. The van der Waals surface area contributed by atoms with Crippen molar-refractivity contribution in [3.05, 3.63) is 0 Å². The number of aliphatic hydroxyl groups is 2. The molecule has 0 aliphatic rings. The third-order valence-electron chi connectivity index (χ3n) is 0.872. The van der Waals surface area contributed by atoms with Gasteiger partial charge in [-0.15, -0.1) is 0 Å². The van der Waals surface area contributed by atoms with E-state index in [1.54, 1.807) is 0 Å². The molecule has 0 radical (unpaired) electrons. The van der Waals surface area contributed by atoms with Crippen LogP contribution >= 0.6 is 0 Å². The predicted octanol–water partition coefficient (Wildman–Crippen LogP) is -6.52. The van der Waals surface area contributed by atoms with E-state index in [4.69, 9.17) is 15.5 Å². The second-order valence-corrected chi connectivity index (χ2v) is 1.62. The van der Waals surface area contributed by atoms with Gasteiger partial charge >= 0.3 is 57.4 Å². The topological polar surface area (TPSA) is 127 Å². The van der Waals surface area contributed by atoms with Crippen LogP contribution in [0.5, 0.6) is 0 Å². The van der Waals surface area contributed by atoms with E-state index in [1.165, 1.54) is 0 Å². The molecule has 0 aliphatic heterocycles. The Morgan fingerprint density at radius 1 is 1.25 bits per heavy atom. The third-order valence-corrected chi connectivity index (χ3v) is 0.872. The van der Waals surface area contributed by atoms with E-state index in [2.05, 4.69) is 4.89 Å². The summed E-state index contributed by atoms with van der Waals surface area (Å²) in [6.07, 6.45) is -4.75. The molecule has 0 aromatic heterocycles. The summed E-state index contributed by atoms with van der Waals surface area (Å²) in [5.41, 5.74) is 0. The van der Waals surface area contributed by atoms with Gasteiger partial charge in [-0.25, -0.2) is 4.79 Å². The normalized spacial score (nSPS) is 13.9. The third kappa shape index (κ3) is 4.47. The zero-order valence-electron chi connectivity index (χ0n) is 6.13. The van der Waals surface area contributed by atoms with E-state index in [-0.39, 0.29) is 51.4 Å². The second kappa shape index (κ2) is 6.92. The van der Waals surface area contributed by atoms with Gasteiger partial charge in [-0.3, -0.25) is 4.89 Å². The minimum absolute atomic E-state index is 0. The van der Waals surface area contributed by atoms with Crippen molar-refractivity contribution in [1.29, 1.82) is 0 Å². The van der Waals surface area contributed by atoms with Gasteiger partial charge in [0.05, 0.1) is 5.97 Å². The number of hydrogen-bond acceptors (Lipinski definition) is 7.